The van der Waals surface area contributed by atoms with Crippen molar-refractivity contribution in [3.63, 3.8) is 0 Å². The largest absolute Gasteiger partial charge is 0.418 e. The van der Waals surface area contributed by atoms with Gasteiger partial charge in [0.2, 0.25) is 5.89 Å². The fourth-order valence-electron chi connectivity index (χ4n) is 2.02. The van der Waals surface area contributed by atoms with Crippen LogP contribution in [0.4, 0.5) is 0 Å². The first kappa shape index (κ1) is 11.8. The fraction of sp³-hybridized carbons (Fsp3) is 0.500. The minimum atomic E-state index is 0.148. The molecule has 2 aromatic rings. The summed E-state index contributed by atoms with van der Waals surface area (Å²) in [6.45, 7) is 5.47. The van der Waals surface area contributed by atoms with Crippen LogP contribution in [-0.2, 0) is 4.74 Å². The summed E-state index contributed by atoms with van der Waals surface area (Å²) in [7, 11) is 0. The predicted octanol–water partition coefficient (Wildman–Crippen LogP) is 2.19. The van der Waals surface area contributed by atoms with Crippen molar-refractivity contribution in [2.75, 3.05) is 26.3 Å². The standard InChI is InChI=1S/C12H15N3O2S/c1-9(15-4-6-16-7-5-15)11-13-14-12(17-11)10-3-2-8-18-10/h2-3,8-9H,4-7H2,1H3/t9-/m0/s1. The van der Waals surface area contributed by atoms with Gasteiger partial charge >= 0.3 is 0 Å². The third-order valence-corrected chi connectivity index (χ3v) is 3.98. The number of hydrogen-bond donors (Lipinski definition) is 0. The molecule has 0 N–H and O–H groups in total. The van der Waals surface area contributed by atoms with E-state index in [2.05, 4.69) is 22.0 Å². The Bertz CT molecular complexity index is 491. The van der Waals surface area contributed by atoms with Crippen LogP contribution in [0.25, 0.3) is 10.8 Å². The maximum absolute atomic E-state index is 5.75. The summed E-state index contributed by atoms with van der Waals surface area (Å²) in [5, 5.41) is 10.3. The average molecular weight is 265 g/mol. The number of thiophene rings is 1. The van der Waals surface area contributed by atoms with Gasteiger partial charge in [0.15, 0.2) is 0 Å². The van der Waals surface area contributed by atoms with Crippen LogP contribution in [0.15, 0.2) is 21.9 Å². The molecule has 96 valence electrons. The molecule has 0 spiro atoms. The van der Waals surface area contributed by atoms with E-state index >= 15 is 0 Å². The lowest BCUT2D eigenvalue weighted by Gasteiger charge is -2.30. The summed E-state index contributed by atoms with van der Waals surface area (Å²) < 4.78 is 11.1. The molecule has 3 heterocycles. The molecule has 1 atom stereocenters. The minimum absolute atomic E-state index is 0.148. The Morgan fingerprint density at radius 2 is 2.17 bits per heavy atom. The summed E-state index contributed by atoms with van der Waals surface area (Å²) in [6, 6.07) is 4.12. The molecule has 0 aliphatic carbocycles. The molecule has 0 saturated carbocycles. The monoisotopic (exact) mass is 265 g/mol. The second kappa shape index (κ2) is 5.17. The molecule has 0 radical (unpaired) electrons. The second-order valence-electron chi connectivity index (χ2n) is 4.25. The minimum Gasteiger partial charge on any atom is -0.418 e. The SMILES string of the molecule is C[C@@H](c1nnc(-c2cccs2)o1)N1CCOCC1. The molecule has 1 fully saturated rings. The van der Waals surface area contributed by atoms with Gasteiger partial charge in [0.25, 0.3) is 5.89 Å². The van der Waals surface area contributed by atoms with Crippen LogP contribution in [0, 0.1) is 0 Å². The van der Waals surface area contributed by atoms with Crippen LogP contribution >= 0.6 is 11.3 Å². The van der Waals surface area contributed by atoms with E-state index in [4.69, 9.17) is 9.15 Å². The van der Waals surface area contributed by atoms with Crippen molar-refractivity contribution in [1.29, 1.82) is 0 Å². The van der Waals surface area contributed by atoms with Gasteiger partial charge < -0.3 is 9.15 Å². The van der Waals surface area contributed by atoms with Crippen molar-refractivity contribution in [3.8, 4) is 10.8 Å². The molecule has 3 rings (SSSR count). The van der Waals surface area contributed by atoms with E-state index in [0.29, 0.717) is 11.8 Å². The first-order valence-electron chi connectivity index (χ1n) is 6.03. The van der Waals surface area contributed by atoms with E-state index in [9.17, 15) is 0 Å². The number of morpholine rings is 1. The van der Waals surface area contributed by atoms with Gasteiger partial charge in [0.05, 0.1) is 24.1 Å². The molecule has 6 heteroatoms. The molecule has 0 bridgehead atoms. The first-order chi connectivity index (χ1) is 8.84. The molecule has 1 saturated heterocycles. The zero-order valence-corrected chi connectivity index (χ0v) is 11.0. The highest BCUT2D eigenvalue weighted by atomic mass is 32.1. The Labute approximate surface area is 109 Å². The average Bonchev–Trinajstić information content (AvgIpc) is 3.09. The van der Waals surface area contributed by atoms with Crippen LogP contribution in [0.2, 0.25) is 0 Å². The molecular weight excluding hydrogens is 250 g/mol. The highest BCUT2D eigenvalue weighted by Gasteiger charge is 2.23. The highest BCUT2D eigenvalue weighted by Crippen LogP contribution is 2.26. The first-order valence-corrected chi connectivity index (χ1v) is 6.91. The van der Waals surface area contributed by atoms with E-state index in [-0.39, 0.29) is 6.04 Å². The number of aromatic nitrogens is 2. The Hall–Kier alpha value is -1.24. The van der Waals surface area contributed by atoms with Crippen LogP contribution in [0.1, 0.15) is 18.9 Å². The van der Waals surface area contributed by atoms with E-state index in [1.54, 1.807) is 11.3 Å². The van der Waals surface area contributed by atoms with Crippen molar-refractivity contribution < 1.29 is 9.15 Å². The van der Waals surface area contributed by atoms with Crippen molar-refractivity contribution in [3.05, 3.63) is 23.4 Å². The van der Waals surface area contributed by atoms with Gasteiger partial charge in [-0.05, 0) is 18.4 Å². The van der Waals surface area contributed by atoms with Crippen LogP contribution in [-0.4, -0.2) is 41.4 Å². The Balaban J connectivity index is 1.76. The zero-order valence-electron chi connectivity index (χ0n) is 10.2. The van der Waals surface area contributed by atoms with Crippen molar-refractivity contribution in [2.45, 2.75) is 13.0 Å². The lowest BCUT2D eigenvalue weighted by Crippen LogP contribution is -2.38. The van der Waals surface area contributed by atoms with E-state index in [0.717, 1.165) is 31.2 Å². The smallest absolute Gasteiger partial charge is 0.257 e. The number of hydrogen-bond acceptors (Lipinski definition) is 6. The van der Waals surface area contributed by atoms with Gasteiger partial charge in [-0.3, -0.25) is 4.90 Å². The molecule has 0 amide bonds. The van der Waals surface area contributed by atoms with E-state index in [1.807, 2.05) is 17.5 Å². The maximum Gasteiger partial charge on any atom is 0.257 e. The zero-order chi connectivity index (χ0) is 12.4. The van der Waals surface area contributed by atoms with Crippen LogP contribution in [0.3, 0.4) is 0 Å². The van der Waals surface area contributed by atoms with Gasteiger partial charge in [-0.25, -0.2) is 0 Å². The molecule has 5 nitrogen and oxygen atoms in total. The summed E-state index contributed by atoms with van der Waals surface area (Å²) >= 11 is 1.61. The number of rotatable bonds is 3. The molecule has 0 aromatic carbocycles. The van der Waals surface area contributed by atoms with Gasteiger partial charge in [-0.2, -0.15) is 0 Å². The predicted molar refractivity (Wildman–Crippen MR) is 68.4 cm³/mol. The van der Waals surface area contributed by atoms with Crippen molar-refractivity contribution in [1.82, 2.24) is 15.1 Å². The molecule has 2 aromatic heterocycles. The van der Waals surface area contributed by atoms with Crippen molar-refractivity contribution >= 4 is 11.3 Å². The molecule has 1 aliphatic heterocycles. The third kappa shape index (κ3) is 2.31. The normalized spacial score (nSPS) is 18.9. The summed E-state index contributed by atoms with van der Waals surface area (Å²) in [4.78, 5) is 3.32. The quantitative estimate of drug-likeness (QED) is 0.851. The summed E-state index contributed by atoms with van der Waals surface area (Å²) in [6.07, 6.45) is 0. The summed E-state index contributed by atoms with van der Waals surface area (Å²) in [5.41, 5.74) is 0. The van der Waals surface area contributed by atoms with E-state index < -0.39 is 0 Å². The lowest BCUT2D eigenvalue weighted by atomic mass is 10.2. The molecule has 0 unspecified atom stereocenters. The Morgan fingerprint density at radius 1 is 1.33 bits per heavy atom. The number of nitrogens with zero attached hydrogens (tertiary/aromatic N) is 3. The van der Waals surface area contributed by atoms with Crippen LogP contribution in [0.5, 0.6) is 0 Å². The number of ether oxygens (including phenoxy) is 1. The summed E-state index contributed by atoms with van der Waals surface area (Å²) in [5.74, 6) is 1.29. The molecule has 18 heavy (non-hydrogen) atoms. The Morgan fingerprint density at radius 3 is 2.89 bits per heavy atom. The Kier molecular flexibility index (Phi) is 3.40. The fourth-order valence-corrected chi connectivity index (χ4v) is 2.67. The second-order valence-corrected chi connectivity index (χ2v) is 5.19. The molecule has 1 aliphatic rings. The maximum atomic E-state index is 5.75. The lowest BCUT2D eigenvalue weighted by molar-refractivity contribution is 0.0147. The van der Waals surface area contributed by atoms with Gasteiger partial charge in [-0.1, -0.05) is 6.07 Å². The van der Waals surface area contributed by atoms with E-state index in [1.165, 1.54) is 0 Å². The molecular formula is C12H15N3O2S. The van der Waals surface area contributed by atoms with Gasteiger partial charge in [0.1, 0.15) is 0 Å². The van der Waals surface area contributed by atoms with Crippen molar-refractivity contribution in [2.24, 2.45) is 0 Å². The third-order valence-electron chi connectivity index (χ3n) is 3.12. The van der Waals surface area contributed by atoms with Crippen LogP contribution < -0.4 is 0 Å². The topological polar surface area (TPSA) is 51.4 Å². The van der Waals surface area contributed by atoms with Gasteiger partial charge in [-0.15, -0.1) is 21.5 Å². The highest BCUT2D eigenvalue weighted by molar-refractivity contribution is 7.13. The van der Waals surface area contributed by atoms with Gasteiger partial charge in [0, 0.05) is 13.1 Å².